The van der Waals surface area contributed by atoms with Gasteiger partial charge in [0.2, 0.25) is 5.91 Å². The van der Waals surface area contributed by atoms with Crippen LogP contribution in [0.2, 0.25) is 0 Å². The molecular weight excluding hydrogens is 314 g/mol. The average Bonchev–Trinajstić information content (AvgIpc) is 2.82. The Kier molecular flexibility index (Phi) is 5.75. The number of rotatable bonds is 6. The summed E-state index contributed by atoms with van der Waals surface area (Å²) in [5, 5.41) is 2.90. The number of aromatic nitrogens is 1. The molecule has 0 saturated carbocycles. The molecule has 0 aliphatic carbocycles. The molecule has 1 aliphatic rings. The quantitative estimate of drug-likeness (QED) is 0.830. The van der Waals surface area contributed by atoms with Crippen LogP contribution in [0, 0.1) is 13.8 Å². The lowest BCUT2D eigenvalue weighted by Gasteiger charge is -2.22. The Bertz CT molecular complexity index is 653. The third-order valence-electron chi connectivity index (χ3n) is 4.15. The van der Waals surface area contributed by atoms with Crippen LogP contribution in [0.15, 0.2) is 12.1 Å². The number of aryl methyl sites for hydroxylation is 2. The molecule has 6 nitrogen and oxygen atoms in total. The summed E-state index contributed by atoms with van der Waals surface area (Å²) >= 11 is 0. The minimum atomic E-state index is -2.88. The van der Waals surface area contributed by atoms with Gasteiger partial charge in [-0.1, -0.05) is 0 Å². The third kappa shape index (κ3) is 5.58. The molecular formula is C16H25N3O3S. The summed E-state index contributed by atoms with van der Waals surface area (Å²) in [6.45, 7) is 4.93. The summed E-state index contributed by atoms with van der Waals surface area (Å²) in [6.07, 6.45) is 1.03. The molecule has 1 aliphatic heterocycles. The fraction of sp³-hybridized carbons (Fsp3) is 0.625. The van der Waals surface area contributed by atoms with E-state index < -0.39 is 9.84 Å². The SMILES string of the molecule is Cc1cc(CNC(=O)CCN(C)[C@@H]2CCS(=O)(=O)C2)cc(C)n1. The molecule has 2 heterocycles. The number of nitrogens with one attached hydrogen (secondary N) is 1. The second-order valence-corrected chi connectivity index (χ2v) is 8.55. The molecule has 0 bridgehead atoms. The molecule has 1 amide bonds. The Morgan fingerprint density at radius 3 is 2.57 bits per heavy atom. The van der Waals surface area contributed by atoms with Crippen LogP contribution >= 0.6 is 0 Å². The van der Waals surface area contributed by atoms with Gasteiger partial charge in [0.1, 0.15) is 0 Å². The molecule has 23 heavy (non-hydrogen) atoms. The summed E-state index contributed by atoms with van der Waals surface area (Å²) in [6, 6.07) is 3.96. The first kappa shape index (κ1) is 17.9. The Labute approximate surface area is 138 Å². The Balaban J connectivity index is 1.75. The van der Waals surface area contributed by atoms with Crippen LogP contribution in [-0.2, 0) is 21.2 Å². The maximum Gasteiger partial charge on any atom is 0.221 e. The largest absolute Gasteiger partial charge is 0.352 e. The maximum absolute atomic E-state index is 12.0. The number of hydrogen-bond donors (Lipinski definition) is 1. The zero-order valence-electron chi connectivity index (χ0n) is 14.0. The molecule has 1 aromatic heterocycles. The van der Waals surface area contributed by atoms with Crippen LogP contribution in [0.4, 0.5) is 0 Å². The van der Waals surface area contributed by atoms with E-state index in [4.69, 9.17) is 0 Å². The number of carbonyl (C=O) groups is 1. The molecule has 1 atom stereocenters. The molecule has 1 N–H and O–H groups in total. The highest BCUT2D eigenvalue weighted by Crippen LogP contribution is 2.16. The smallest absolute Gasteiger partial charge is 0.221 e. The van der Waals surface area contributed by atoms with E-state index in [2.05, 4.69) is 10.3 Å². The predicted molar refractivity (Wildman–Crippen MR) is 89.9 cm³/mol. The van der Waals surface area contributed by atoms with Gasteiger partial charge in [0.25, 0.3) is 0 Å². The molecule has 1 fully saturated rings. The predicted octanol–water partition coefficient (Wildman–Crippen LogP) is 0.824. The molecule has 7 heteroatoms. The van der Waals surface area contributed by atoms with Crippen molar-refractivity contribution in [2.45, 2.75) is 39.3 Å². The maximum atomic E-state index is 12.0. The molecule has 1 saturated heterocycles. The van der Waals surface area contributed by atoms with E-state index >= 15 is 0 Å². The van der Waals surface area contributed by atoms with Gasteiger partial charge < -0.3 is 10.2 Å². The van der Waals surface area contributed by atoms with E-state index in [0.717, 1.165) is 17.0 Å². The first-order chi connectivity index (χ1) is 10.7. The van der Waals surface area contributed by atoms with Crippen molar-refractivity contribution in [2.75, 3.05) is 25.1 Å². The monoisotopic (exact) mass is 339 g/mol. The van der Waals surface area contributed by atoms with Crippen LogP contribution in [0.25, 0.3) is 0 Å². The van der Waals surface area contributed by atoms with E-state index in [9.17, 15) is 13.2 Å². The van der Waals surface area contributed by atoms with Gasteiger partial charge >= 0.3 is 0 Å². The minimum Gasteiger partial charge on any atom is -0.352 e. The number of nitrogens with zero attached hydrogens (tertiary/aromatic N) is 2. The van der Waals surface area contributed by atoms with Gasteiger partial charge in [-0.25, -0.2) is 8.42 Å². The van der Waals surface area contributed by atoms with E-state index in [-0.39, 0.29) is 23.5 Å². The first-order valence-electron chi connectivity index (χ1n) is 7.87. The molecule has 0 radical (unpaired) electrons. The zero-order valence-corrected chi connectivity index (χ0v) is 14.8. The molecule has 1 aromatic rings. The number of hydrogen-bond acceptors (Lipinski definition) is 5. The molecule has 2 rings (SSSR count). The van der Waals surface area contributed by atoms with Crippen LogP contribution in [0.5, 0.6) is 0 Å². The van der Waals surface area contributed by atoms with Gasteiger partial charge in [-0.3, -0.25) is 9.78 Å². The Hall–Kier alpha value is -1.47. The lowest BCUT2D eigenvalue weighted by atomic mass is 10.2. The van der Waals surface area contributed by atoms with Gasteiger partial charge in [-0.05, 0) is 45.0 Å². The second-order valence-electron chi connectivity index (χ2n) is 6.32. The van der Waals surface area contributed by atoms with Crippen molar-refractivity contribution in [1.82, 2.24) is 15.2 Å². The van der Waals surface area contributed by atoms with Crippen molar-refractivity contribution >= 4 is 15.7 Å². The van der Waals surface area contributed by atoms with Crippen LogP contribution < -0.4 is 5.32 Å². The standard InChI is InChI=1S/C16H25N3O3S/c1-12-8-14(9-13(2)18-12)10-17-16(20)4-6-19(3)15-5-7-23(21,22)11-15/h8-9,15H,4-7,10-11H2,1-3H3,(H,17,20)/t15-/m1/s1. The van der Waals surface area contributed by atoms with Crippen molar-refractivity contribution in [3.8, 4) is 0 Å². The van der Waals surface area contributed by atoms with Gasteiger partial charge in [-0.15, -0.1) is 0 Å². The summed E-state index contributed by atoms with van der Waals surface area (Å²) in [5.41, 5.74) is 2.92. The van der Waals surface area contributed by atoms with Crippen molar-refractivity contribution in [3.05, 3.63) is 29.1 Å². The Morgan fingerprint density at radius 1 is 1.35 bits per heavy atom. The Morgan fingerprint density at radius 2 is 2.00 bits per heavy atom. The second kappa shape index (κ2) is 7.40. The van der Waals surface area contributed by atoms with Crippen molar-refractivity contribution in [3.63, 3.8) is 0 Å². The van der Waals surface area contributed by atoms with E-state index in [1.54, 1.807) is 0 Å². The van der Waals surface area contributed by atoms with Gasteiger partial charge in [0.15, 0.2) is 9.84 Å². The van der Waals surface area contributed by atoms with Crippen molar-refractivity contribution in [2.24, 2.45) is 0 Å². The molecule has 0 unspecified atom stereocenters. The van der Waals surface area contributed by atoms with E-state index in [1.807, 2.05) is 37.9 Å². The summed E-state index contributed by atoms with van der Waals surface area (Å²) in [5.74, 6) is 0.445. The number of pyridine rings is 1. The number of amides is 1. The van der Waals surface area contributed by atoms with Gasteiger partial charge in [0.05, 0.1) is 11.5 Å². The fourth-order valence-corrected chi connectivity index (χ4v) is 4.70. The average molecular weight is 339 g/mol. The fourth-order valence-electron chi connectivity index (χ4n) is 2.90. The minimum absolute atomic E-state index is 0.0233. The van der Waals surface area contributed by atoms with Crippen LogP contribution in [0.3, 0.4) is 0 Å². The molecule has 0 aromatic carbocycles. The first-order valence-corrected chi connectivity index (χ1v) is 9.69. The summed E-state index contributed by atoms with van der Waals surface area (Å²) < 4.78 is 23.0. The highest BCUT2D eigenvalue weighted by Gasteiger charge is 2.30. The number of carbonyl (C=O) groups excluding carboxylic acids is 1. The van der Waals surface area contributed by atoms with Gasteiger partial charge in [-0.2, -0.15) is 0 Å². The normalized spacial score (nSPS) is 19.9. The van der Waals surface area contributed by atoms with Gasteiger partial charge in [0, 0.05) is 36.9 Å². The van der Waals surface area contributed by atoms with E-state index in [0.29, 0.717) is 25.9 Å². The zero-order chi connectivity index (χ0) is 17.0. The van der Waals surface area contributed by atoms with Crippen LogP contribution in [-0.4, -0.2) is 55.3 Å². The van der Waals surface area contributed by atoms with Crippen LogP contribution in [0.1, 0.15) is 29.8 Å². The van der Waals surface area contributed by atoms with Crippen molar-refractivity contribution < 1.29 is 13.2 Å². The number of sulfone groups is 1. The van der Waals surface area contributed by atoms with E-state index in [1.165, 1.54) is 0 Å². The highest BCUT2D eigenvalue weighted by molar-refractivity contribution is 7.91. The lowest BCUT2D eigenvalue weighted by Crippen LogP contribution is -2.36. The highest BCUT2D eigenvalue weighted by atomic mass is 32.2. The lowest BCUT2D eigenvalue weighted by molar-refractivity contribution is -0.121. The summed E-state index contributed by atoms with van der Waals surface area (Å²) in [7, 11) is -0.998. The summed E-state index contributed by atoms with van der Waals surface area (Å²) in [4.78, 5) is 18.2. The van der Waals surface area contributed by atoms with Crippen molar-refractivity contribution in [1.29, 1.82) is 0 Å². The third-order valence-corrected chi connectivity index (χ3v) is 5.90. The molecule has 128 valence electrons. The topological polar surface area (TPSA) is 79.4 Å². The molecule has 0 spiro atoms.